The number of rotatable bonds is 3. The van der Waals surface area contributed by atoms with E-state index in [0.717, 1.165) is 5.82 Å². The molecule has 0 aliphatic carbocycles. The van der Waals surface area contributed by atoms with Gasteiger partial charge in [0.1, 0.15) is 17.6 Å². The fraction of sp³-hybridized carbons (Fsp3) is 0.650. The van der Waals surface area contributed by atoms with E-state index in [9.17, 15) is 14.7 Å². The van der Waals surface area contributed by atoms with E-state index >= 15 is 0 Å². The number of pyridine rings is 1. The van der Waals surface area contributed by atoms with Gasteiger partial charge in [-0.15, -0.1) is 0 Å². The van der Waals surface area contributed by atoms with E-state index in [-0.39, 0.29) is 11.8 Å². The van der Waals surface area contributed by atoms with Crippen molar-refractivity contribution in [3.8, 4) is 0 Å². The highest BCUT2D eigenvalue weighted by Gasteiger charge is 2.53. The average Bonchev–Trinajstić information content (AvgIpc) is 2.65. The van der Waals surface area contributed by atoms with E-state index in [0.29, 0.717) is 44.7 Å². The molecule has 2 amide bonds. The number of aliphatic hydroxyl groups excluding tert-OH is 1. The van der Waals surface area contributed by atoms with Gasteiger partial charge in [-0.1, -0.05) is 6.07 Å². The first-order valence-corrected chi connectivity index (χ1v) is 9.71. The summed E-state index contributed by atoms with van der Waals surface area (Å²) in [7, 11) is 3.41. The van der Waals surface area contributed by atoms with Crippen LogP contribution in [0.4, 0.5) is 5.82 Å². The Morgan fingerprint density at radius 3 is 2.57 bits per heavy atom. The summed E-state index contributed by atoms with van der Waals surface area (Å²) in [6, 6.07) is 5.44. The van der Waals surface area contributed by atoms with Crippen LogP contribution < -0.4 is 10.2 Å². The van der Waals surface area contributed by atoms with Gasteiger partial charge in [-0.25, -0.2) is 4.98 Å². The van der Waals surface area contributed by atoms with Crippen LogP contribution in [0.15, 0.2) is 18.2 Å². The minimum absolute atomic E-state index is 0.132. The molecular weight excluding hydrogens is 360 g/mol. The van der Waals surface area contributed by atoms with Crippen LogP contribution in [0.25, 0.3) is 0 Å². The SMILES string of the molecule is CC(=O)N[C@]1(C)CCOC2(CCN(c3cccc(C(=O)N(C)C)n3)CC2)[C@H]1O. The number of amides is 2. The molecule has 1 aromatic rings. The predicted octanol–water partition coefficient (Wildman–Crippen LogP) is 0.798. The second-order valence-electron chi connectivity index (χ2n) is 8.23. The normalized spacial score (nSPS) is 26.8. The predicted molar refractivity (Wildman–Crippen MR) is 105 cm³/mol. The zero-order chi connectivity index (χ0) is 20.5. The van der Waals surface area contributed by atoms with Gasteiger partial charge in [0.2, 0.25) is 5.91 Å². The van der Waals surface area contributed by atoms with Crippen LogP contribution in [0, 0.1) is 0 Å². The molecular formula is C20H30N4O4. The number of aromatic nitrogens is 1. The van der Waals surface area contributed by atoms with E-state index in [1.807, 2.05) is 19.1 Å². The molecule has 0 aromatic carbocycles. The number of hydrogen-bond acceptors (Lipinski definition) is 6. The van der Waals surface area contributed by atoms with Gasteiger partial charge >= 0.3 is 0 Å². The number of piperidine rings is 1. The summed E-state index contributed by atoms with van der Waals surface area (Å²) >= 11 is 0. The smallest absolute Gasteiger partial charge is 0.272 e. The molecule has 0 bridgehead atoms. The van der Waals surface area contributed by atoms with Crippen LogP contribution in [0.5, 0.6) is 0 Å². The summed E-state index contributed by atoms with van der Waals surface area (Å²) in [4.78, 5) is 31.9. The number of carbonyl (C=O) groups excluding carboxylic acids is 2. The van der Waals surface area contributed by atoms with Crippen LogP contribution in [0.3, 0.4) is 0 Å². The fourth-order valence-corrected chi connectivity index (χ4v) is 4.28. The maximum atomic E-state index is 12.2. The molecule has 2 fully saturated rings. The first kappa shape index (κ1) is 20.5. The number of carbonyl (C=O) groups is 2. The second-order valence-corrected chi connectivity index (χ2v) is 8.23. The van der Waals surface area contributed by atoms with Crippen molar-refractivity contribution in [1.29, 1.82) is 0 Å². The van der Waals surface area contributed by atoms with Crippen molar-refractivity contribution in [3.63, 3.8) is 0 Å². The van der Waals surface area contributed by atoms with Crippen LogP contribution in [-0.2, 0) is 9.53 Å². The number of nitrogens with one attached hydrogen (secondary N) is 1. The monoisotopic (exact) mass is 390 g/mol. The molecule has 0 saturated carbocycles. The third-order valence-corrected chi connectivity index (χ3v) is 5.87. The topological polar surface area (TPSA) is 95.0 Å². The maximum absolute atomic E-state index is 12.2. The van der Waals surface area contributed by atoms with Crippen LogP contribution >= 0.6 is 0 Å². The van der Waals surface area contributed by atoms with Gasteiger partial charge in [-0.2, -0.15) is 0 Å². The number of anilines is 1. The molecule has 2 aliphatic heterocycles. The molecule has 8 nitrogen and oxygen atoms in total. The highest BCUT2D eigenvalue weighted by atomic mass is 16.5. The Hall–Kier alpha value is -2.19. The molecule has 28 heavy (non-hydrogen) atoms. The van der Waals surface area contributed by atoms with Gasteiger partial charge in [0.15, 0.2) is 0 Å². The van der Waals surface area contributed by atoms with E-state index in [1.54, 1.807) is 20.2 Å². The van der Waals surface area contributed by atoms with Gasteiger partial charge < -0.3 is 25.0 Å². The fourth-order valence-electron chi connectivity index (χ4n) is 4.28. The number of nitrogens with zero attached hydrogens (tertiary/aromatic N) is 3. The Morgan fingerprint density at radius 1 is 1.29 bits per heavy atom. The summed E-state index contributed by atoms with van der Waals surface area (Å²) in [5.41, 5.74) is -0.957. The molecule has 2 aliphatic rings. The number of hydrogen-bond donors (Lipinski definition) is 2. The Kier molecular flexibility index (Phi) is 5.63. The first-order valence-electron chi connectivity index (χ1n) is 9.71. The lowest BCUT2D eigenvalue weighted by atomic mass is 9.73. The lowest BCUT2D eigenvalue weighted by Gasteiger charge is -2.53. The molecule has 154 valence electrons. The zero-order valence-electron chi connectivity index (χ0n) is 17.1. The first-order chi connectivity index (χ1) is 13.2. The van der Waals surface area contributed by atoms with E-state index in [4.69, 9.17) is 4.74 Å². The molecule has 0 unspecified atom stereocenters. The molecule has 2 atom stereocenters. The molecule has 3 heterocycles. The molecule has 8 heteroatoms. The van der Waals surface area contributed by atoms with Crippen molar-refractivity contribution in [3.05, 3.63) is 23.9 Å². The van der Waals surface area contributed by atoms with Gasteiger partial charge in [0.25, 0.3) is 5.91 Å². The van der Waals surface area contributed by atoms with Crippen molar-refractivity contribution < 1.29 is 19.4 Å². The van der Waals surface area contributed by atoms with Gasteiger partial charge in [0.05, 0.1) is 11.1 Å². The third-order valence-electron chi connectivity index (χ3n) is 5.87. The van der Waals surface area contributed by atoms with Crippen molar-refractivity contribution in [2.75, 3.05) is 38.7 Å². The molecule has 2 N–H and O–H groups in total. The molecule has 0 radical (unpaired) electrons. The average molecular weight is 390 g/mol. The Balaban J connectivity index is 1.73. The van der Waals surface area contributed by atoms with Crippen molar-refractivity contribution in [1.82, 2.24) is 15.2 Å². The molecule has 2 saturated heterocycles. The minimum Gasteiger partial charge on any atom is -0.388 e. The minimum atomic E-state index is -0.783. The zero-order valence-corrected chi connectivity index (χ0v) is 17.1. The van der Waals surface area contributed by atoms with Crippen molar-refractivity contribution in [2.24, 2.45) is 0 Å². The van der Waals surface area contributed by atoms with E-state index in [1.165, 1.54) is 11.8 Å². The van der Waals surface area contributed by atoms with Crippen molar-refractivity contribution in [2.45, 2.75) is 50.4 Å². The highest BCUT2D eigenvalue weighted by molar-refractivity contribution is 5.92. The molecule has 1 spiro atoms. The maximum Gasteiger partial charge on any atom is 0.272 e. The highest BCUT2D eigenvalue weighted by Crippen LogP contribution is 2.40. The number of aliphatic hydroxyl groups is 1. The number of ether oxygens (including phenoxy) is 1. The van der Waals surface area contributed by atoms with Crippen LogP contribution in [0.2, 0.25) is 0 Å². The van der Waals surface area contributed by atoms with Crippen LogP contribution in [-0.4, -0.2) is 77.8 Å². The summed E-state index contributed by atoms with van der Waals surface area (Å²) in [6.07, 6.45) is 1.04. The Bertz CT molecular complexity index is 745. The lowest BCUT2D eigenvalue weighted by molar-refractivity contribution is -0.198. The lowest BCUT2D eigenvalue weighted by Crippen LogP contribution is -2.69. The third kappa shape index (κ3) is 3.84. The van der Waals surface area contributed by atoms with E-state index in [2.05, 4.69) is 15.2 Å². The second kappa shape index (κ2) is 7.67. The largest absolute Gasteiger partial charge is 0.388 e. The standard InChI is InChI=1S/C20H30N4O4/c1-14(25)22-19(2)10-13-28-20(18(19)27)8-11-24(12-9-20)16-7-5-6-15(21-16)17(26)23(3)4/h5-7,18,27H,8-13H2,1-4H3,(H,22,25)/t18-,19+/m0/s1. The Morgan fingerprint density at radius 2 is 1.96 bits per heavy atom. The summed E-state index contributed by atoms with van der Waals surface area (Å²) in [6.45, 7) is 5.16. The van der Waals surface area contributed by atoms with Gasteiger partial charge in [-0.05, 0) is 38.3 Å². The summed E-state index contributed by atoms with van der Waals surface area (Å²) in [5, 5.41) is 14.0. The van der Waals surface area contributed by atoms with E-state index < -0.39 is 17.2 Å². The summed E-state index contributed by atoms with van der Waals surface area (Å²) in [5.74, 6) is 0.465. The van der Waals surface area contributed by atoms with Crippen molar-refractivity contribution >= 4 is 17.6 Å². The van der Waals surface area contributed by atoms with Gasteiger partial charge in [-0.3, -0.25) is 9.59 Å². The van der Waals surface area contributed by atoms with Gasteiger partial charge in [0, 0.05) is 40.7 Å². The quantitative estimate of drug-likeness (QED) is 0.793. The van der Waals surface area contributed by atoms with Crippen LogP contribution in [0.1, 0.15) is 43.6 Å². The Labute approximate surface area is 165 Å². The molecule has 3 rings (SSSR count). The molecule has 1 aromatic heterocycles. The summed E-state index contributed by atoms with van der Waals surface area (Å²) < 4.78 is 6.06.